The summed E-state index contributed by atoms with van der Waals surface area (Å²) in [7, 11) is 0. The van der Waals surface area contributed by atoms with Crippen molar-refractivity contribution in [2.75, 3.05) is 19.8 Å². The van der Waals surface area contributed by atoms with Crippen molar-refractivity contribution in [2.24, 2.45) is 0 Å². The molecule has 1 N–H and O–H groups in total. The van der Waals surface area contributed by atoms with Crippen molar-refractivity contribution in [1.82, 2.24) is 5.32 Å². The molecule has 0 saturated heterocycles. The lowest BCUT2D eigenvalue weighted by atomic mass is 10.3. The number of halogens is 1. The van der Waals surface area contributed by atoms with E-state index in [2.05, 4.69) is 5.32 Å². The third-order valence-electron chi connectivity index (χ3n) is 2.80. The summed E-state index contributed by atoms with van der Waals surface area (Å²) < 4.78 is 23.4. The van der Waals surface area contributed by atoms with Gasteiger partial charge in [-0.1, -0.05) is 18.2 Å². The summed E-state index contributed by atoms with van der Waals surface area (Å²) in [4.78, 5) is 23.7. The van der Waals surface area contributed by atoms with E-state index in [1.165, 1.54) is 23.5 Å². The number of carbonyl (C=O) groups is 2. The van der Waals surface area contributed by atoms with Crippen LogP contribution in [0.1, 0.15) is 16.1 Å². The zero-order chi connectivity index (χ0) is 16.5. The quantitative estimate of drug-likeness (QED) is 0.594. The molecule has 0 fully saturated rings. The van der Waals surface area contributed by atoms with Gasteiger partial charge in [-0.15, -0.1) is 11.3 Å². The minimum Gasteiger partial charge on any atom is -0.487 e. The van der Waals surface area contributed by atoms with Crippen molar-refractivity contribution in [2.45, 2.75) is 6.42 Å². The van der Waals surface area contributed by atoms with Gasteiger partial charge in [-0.3, -0.25) is 9.59 Å². The second kappa shape index (κ2) is 8.89. The summed E-state index contributed by atoms with van der Waals surface area (Å²) in [5, 5.41) is 4.43. The number of carbonyl (C=O) groups excluding carboxylic acids is 2. The topological polar surface area (TPSA) is 64.6 Å². The zero-order valence-electron chi connectivity index (χ0n) is 12.3. The normalized spacial score (nSPS) is 10.1. The number of ether oxygens (including phenoxy) is 2. The van der Waals surface area contributed by atoms with Crippen LogP contribution in [0, 0.1) is 5.82 Å². The molecule has 0 unspecified atom stereocenters. The molecule has 0 aliphatic rings. The molecule has 0 saturated carbocycles. The van der Waals surface area contributed by atoms with Crippen LogP contribution >= 0.6 is 11.3 Å². The molecule has 2 rings (SSSR count). The molecule has 1 amide bonds. The van der Waals surface area contributed by atoms with Gasteiger partial charge < -0.3 is 14.8 Å². The summed E-state index contributed by atoms with van der Waals surface area (Å²) in [5.41, 5.74) is 0. The highest BCUT2D eigenvalue weighted by Crippen LogP contribution is 2.14. The SMILES string of the molecule is O=C(CCNC(=O)c1cccs1)OCCOc1ccccc1F. The number of thiophene rings is 1. The van der Waals surface area contributed by atoms with E-state index in [0.29, 0.717) is 4.88 Å². The van der Waals surface area contributed by atoms with Gasteiger partial charge in [0.2, 0.25) is 0 Å². The Morgan fingerprint density at radius 1 is 1.13 bits per heavy atom. The summed E-state index contributed by atoms with van der Waals surface area (Å²) in [6, 6.07) is 9.49. The lowest BCUT2D eigenvalue weighted by Crippen LogP contribution is -2.26. The summed E-state index contributed by atoms with van der Waals surface area (Å²) in [5.74, 6) is -1.01. The molecule has 1 aromatic heterocycles. The Balaban J connectivity index is 1.57. The molecule has 23 heavy (non-hydrogen) atoms. The Labute approximate surface area is 137 Å². The molecule has 0 radical (unpaired) electrons. The lowest BCUT2D eigenvalue weighted by Gasteiger charge is -2.08. The predicted molar refractivity (Wildman–Crippen MR) is 84.1 cm³/mol. The number of para-hydroxylation sites is 1. The maximum Gasteiger partial charge on any atom is 0.307 e. The van der Waals surface area contributed by atoms with Gasteiger partial charge in [0.25, 0.3) is 5.91 Å². The van der Waals surface area contributed by atoms with Gasteiger partial charge in [-0.2, -0.15) is 0 Å². The molecular weight excluding hydrogens is 321 g/mol. The number of esters is 1. The number of hydrogen-bond donors (Lipinski definition) is 1. The fourth-order valence-corrected chi connectivity index (χ4v) is 2.35. The van der Waals surface area contributed by atoms with Crippen LogP contribution in [0.2, 0.25) is 0 Å². The van der Waals surface area contributed by atoms with Gasteiger partial charge in [0.1, 0.15) is 13.2 Å². The van der Waals surface area contributed by atoms with Gasteiger partial charge in [-0.05, 0) is 23.6 Å². The van der Waals surface area contributed by atoms with E-state index in [-0.39, 0.29) is 37.8 Å². The Morgan fingerprint density at radius 3 is 2.70 bits per heavy atom. The number of rotatable bonds is 8. The first-order valence-electron chi connectivity index (χ1n) is 7.01. The van der Waals surface area contributed by atoms with E-state index in [1.807, 2.05) is 0 Å². The van der Waals surface area contributed by atoms with Crippen molar-refractivity contribution < 1.29 is 23.5 Å². The molecule has 1 heterocycles. The average molecular weight is 337 g/mol. The van der Waals surface area contributed by atoms with Crippen LogP contribution in [0.15, 0.2) is 41.8 Å². The fraction of sp³-hybridized carbons (Fsp3) is 0.250. The lowest BCUT2D eigenvalue weighted by molar-refractivity contribution is -0.144. The first-order chi connectivity index (χ1) is 11.2. The first-order valence-corrected chi connectivity index (χ1v) is 7.89. The highest BCUT2D eigenvalue weighted by atomic mass is 32.1. The van der Waals surface area contributed by atoms with Crippen molar-refractivity contribution in [1.29, 1.82) is 0 Å². The summed E-state index contributed by atoms with van der Waals surface area (Å²) in [6.45, 7) is 0.282. The molecule has 122 valence electrons. The molecule has 0 spiro atoms. The van der Waals surface area contributed by atoms with E-state index < -0.39 is 11.8 Å². The smallest absolute Gasteiger partial charge is 0.307 e. The molecule has 0 aliphatic carbocycles. The fourth-order valence-electron chi connectivity index (χ4n) is 1.71. The van der Waals surface area contributed by atoms with Crippen LogP contribution in [0.4, 0.5) is 4.39 Å². The Hall–Kier alpha value is -2.41. The molecule has 0 atom stereocenters. The van der Waals surface area contributed by atoms with Gasteiger partial charge in [-0.25, -0.2) is 4.39 Å². The van der Waals surface area contributed by atoms with Crippen LogP contribution < -0.4 is 10.1 Å². The van der Waals surface area contributed by atoms with Crippen LogP contribution in [0.25, 0.3) is 0 Å². The Bertz CT molecular complexity index is 645. The molecule has 2 aromatic rings. The Kier molecular flexibility index (Phi) is 6.56. The van der Waals surface area contributed by atoms with Crippen molar-refractivity contribution in [3.8, 4) is 5.75 Å². The van der Waals surface area contributed by atoms with E-state index in [0.717, 1.165) is 0 Å². The van der Waals surface area contributed by atoms with E-state index >= 15 is 0 Å². The van der Waals surface area contributed by atoms with Gasteiger partial charge in [0.05, 0.1) is 11.3 Å². The molecule has 0 bridgehead atoms. The molecule has 0 aliphatic heterocycles. The number of benzene rings is 1. The van der Waals surface area contributed by atoms with E-state index in [1.54, 1.807) is 29.6 Å². The highest BCUT2D eigenvalue weighted by molar-refractivity contribution is 7.12. The standard InChI is InChI=1S/C16H16FNO4S/c17-12-4-1-2-5-13(12)21-9-10-22-15(19)7-8-18-16(20)14-6-3-11-23-14/h1-6,11H,7-10H2,(H,18,20). The molecule has 5 nitrogen and oxygen atoms in total. The van der Waals surface area contributed by atoms with Crippen LogP contribution in [-0.4, -0.2) is 31.6 Å². The third kappa shape index (κ3) is 5.71. The maximum absolute atomic E-state index is 13.3. The monoisotopic (exact) mass is 337 g/mol. The number of amides is 1. The van der Waals surface area contributed by atoms with Crippen molar-refractivity contribution in [3.63, 3.8) is 0 Å². The van der Waals surface area contributed by atoms with Crippen LogP contribution in [-0.2, 0) is 9.53 Å². The van der Waals surface area contributed by atoms with E-state index in [9.17, 15) is 14.0 Å². The van der Waals surface area contributed by atoms with Gasteiger partial charge in [0.15, 0.2) is 11.6 Å². The predicted octanol–water partition coefficient (Wildman–Crippen LogP) is 2.63. The number of nitrogens with one attached hydrogen (secondary N) is 1. The summed E-state index contributed by atoms with van der Waals surface area (Å²) >= 11 is 1.33. The highest BCUT2D eigenvalue weighted by Gasteiger charge is 2.08. The second-order valence-electron chi connectivity index (χ2n) is 4.48. The minimum absolute atomic E-state index is 0.0199. The van der Waals surface area contributed by atoms with Crippen LogP contribution in [0.3, 0.4) is 0 Å². The molecule has 7 heteroatoms. The summed E-state index contributed by atoms with van der Waals surface area (Å²) in [6.07, 6.45) is 0.0663. The maximum atomic E-state index is 13.3. The zero-order valence-corrected chi connectivity index (χ0v) is 13.1. The molecular formula is C16H16FNO4S. The van der Waals surface area contributed by atoms with Crippen molar-refractivity contribution >= 4 is 23.2 Å². The second-order valence-corrected chi connectivity index (χ2v) is 5.43. The first kappa shape index (κ1) is 17.0. The number of hydrogen-bond acceptors (Lipinski definition) is 5. The molecule has 1 aromatic carbocycles. The Morgan fingerprint density at radius 2 is 1.96 bits per heavy atom. The largest absolute Gasteiger partial charge is 0.487 e. The average Bonchev–Trinajstić information content (AvgIpc) is 3.07. The van der Waals surface area contributed by atoms with Crippen molar-refractivity contribution in [3.05, 3.63) is 52.5 Å². The minimum atomic E-state index is -0.463. The third-order valence-corrected chi connectivity index (χ3v) is 3.67. The van der Waals surface area contributed by atoms with E-state index in [4.69, 9.17) is 9.47 Å². The van der Waals surface area contributed by atoms with Crippen LogP contribution in [0.5, 0.6) is 5.75 Å². The van der Waals surface area contributed by atoms with Gasteiger partial charge in [0, 0.05) is 6.54 Å². The van der Waals surface area contributed by atoms with Gasteiger partial charge >= 0.3 is 5.97 Å².